The van der Waals surface area contributed by atoms with Crippen molar-refractivity contribution in [3.8, 4) is 5.75 Å². The van der Waals surface area contributed by atoms with Gasteiger partial charge in [0.2, 0.25) is 0 Å². The Morgan fingerprint density at radius 3 is 2.68 bits per heavy atom. The quantitative estimate of drug-likeness (QED) is 0.495. The number of halogens is 1. The summed E-state index contributed by atoms with van der Waals surface area (Å²) in [7, 11) is 0. The van der Waals surface area contributed by atoms with Crippen LogP contribution in [0.4, 0.5) is 5.69 Å². The molecule has 0 aliphatic carbocycles. The zero-order valence-electron chi connectivity index (χ0n) is 13.1. The van der Waals surface area contributed by atoms with E-state index < -0.39 is 0 Å². The van der Waals surface area contributed by atoms with Crippen molar-refractivity contribution in [2.45, 2.75) is 33.8 Å². The highest BCUT2D eigenvalue weighted by Gasteiger charge is 2.09. The number of thiocarbonyl (C=S) groups is 1. The third-order valence-electron chi connectivity index (χ3n) is 3.40. The van der Waals surface area contributed by atoms with Crippen LogP contribution in [0.2, 0.25) is 0 Å². The highest BCUT2D eigenvalue weighted by molar-refractivity contribution is 14.1. The van der Waals surface area contributed by atoms with Crippen molar-refractivity contribution in [1.29, 1.82) is 0 Å². The largest absolute Gasteiger partial charge is 0.489 e. The Morgan fingerprint density at radius 1 is 1.23 bits per heavy atom. The second-order valence-electron chi connectivity index (χ2n) is 5.23. The number of hydrogen-bond donors (Lipinski definition) is 1. The Hall–Kier alpha value is -1.14. The van der Waals surface area contributed by atoms with Gasteiger partial charge < -0.3 is 10.1 Å². The molecular weight excluding hydrogens is 405 g/mol. The molecule has 4 heteroatoms. The fraction of sp³-hybridized carbons (Fsp3) is 0.278. The van der Waals surface area contributed by atoms with Crippen LogP contribution in [-0.4, -0.2) is 4.99 Å². The Balaban J connectivity index is 2.18. The van der Waals surface area contributed by atoms with Gasteiger partial charge in [-0.05, 0) is 60.6 Å². The Labute approximate surface area is 151 Å². The van der Waals surface area contributed by atoms with Crippen LogP contribution in [0.25, 0.3) is 0 Å². The molecule has 2 nitrogen and oxygen atoms in total. The molecule has 0 unspecified atom stereocenters. The summed E-state index contributed by atoms with van der Waals surface area (Å²) in [6.07, 6.45) is 0.831. The molecule has 0 radical (unpaired) electrons. The van der Waals surface area contributed by atoms with Gasteiger partial charge in [-0.3, -0.25) is 0 Å². The molecule has 0 amide bonds. The highest BCUT2D eigenvalue weighted by atomic mass is 127. The smallest absolute Gasteiger partial charge is 0.122 e. The van der Waals surface area contributed by atoms with Crippen LogP contribution >= 0.6 is 34.8 Å². The minimum atomic E-state index is 0.523. The fourth-order valence-electron chi connectivity index (χ4n) is 2.17. The number of benzene rings is 2. The van der Waals surface area contributed by atoms with Gasteiger partial charge in [-0.1, -0.05) is 49.0 Å². The van der Waals surface area contributed by atoms with Gasteiger partial charge in [-0.25, -0.2) is 0 Å². The summed E-state index contributed by atoms with van der Waals surface area (Å²) in [6, 6.07) is 12.4. The van der Waals surface area contributed by atoms with Gasteiger partial charge in [-0.2, -0.15) is 0 Å². The second-order valence-corrected chi connectivity index (χ2v) is 6.89. The van der Waals surface area contributed by atoms with Gasteiger partial charge in [0, 0.05) is 9.13 Å². The minimum absolute atomic E-state index is 0.523. The summed E-state index contributed by atoms with van der Waals surface area (Å²) < 4.78 is 7.15. The molecule has 116 valence electrons. The van der Waals surface area contributed by atoms with E-state index in [0.717, 1.165) is 37.5 Å². The zero-order chi connectivity index (χ0) is 16.1. The number of hydrogen-bond acceptors (Lipinski definition) is 2. The molecule has 1 N–H and O–H groups in total. The maximum absolute atomic E-state index is 6.00. The number of rotatable bonds is 5. The molecule has 0 aromatic heterocycles. The maximum atomic E-state index is 6.00. The molecule has 22 heavy (non-hydrogen) atoms. The summed E-state index contributed by atoms with van der Waals surface area (Å²) in [5.74, 6) is 0.925. The van der Waals surface area contributed by atoms with Crippen molar-refractivity contribution < 1.29 is 4.74 Å². The molecule has 0 saturated heterocycles. The molecule has 0 fully saturated rings. The molecular formula is C18H20INOS. The van der Waals surface area contributed by atoms with Crippen LogP contribution in [-0.2, 0) is 6.61 Å². The van der Waals surface area contributed by atoms with Gasteiger partial charge in [0.05, 0.1) is 10.7 Å². The normalized spacial score (nSPS) is 10.4. The lowest BCUT2D eigenvalue weighted by Gasteiger charge is -2.16. The minimum Gasteiger partial charge on any atom is -0.489 e. The predicted octanol–water partition coefficient (Wildman–Crippen LogP) is 5.64. The molecule has 0 spiro atoms. The first-order chi connectivity index (χ1) is 10.5. The van der Waals surface area contributed by atoms with Crippen molar-refractivity contribution in [2.24, 2.45) is 0 Å². The van der Waals surface area contributed by atoms with Crippen LogP contribution in [0.3, 0.4) is 0 Å². The lowest BCUT2D eigenvalue weighted by Crippen LogP contribution is -2.11. The van der Waals surface area contributed by atoms with Crippen molar-refractivity contribution >= 4 is 45.5 Å². The van der Waals surface area contributed by atoms with Gasteiger partial charge >= 0.3 is 0 Å². The molecule has 0 saturated carbocycles. The average Bonchev–Trinajstić information content (AvgIpc) is 2.49. The zero-order valence-corrected chi connectivity index (χ0v) is 16.0. The SMILES string of the molecule is CCC(=S)Nc1c(I)cccc1COc1ccc(C)cc1C. The number of ether oxygens (including phenoxy) is 1. The molecule has 2 aromatic carbocycles. The van der Waals surface area contributed by atoms with Crippen LogP contribution in [0.1, 0.15) is 30.0 Å². The van der Waals surface area contributed by atoms with Crippen LogP contribution < -0.4 is 10.1 Å². The molecule has 0 atom stereocenters. The van der Waals surface area contributed by atoms with E-state index in [1.54, 1.807) is 0 Å². The third kappa shape index (κ3) is 4.43. The van der Waals surface area contributed by atoms with E-state index in [2.05, 4.69) is 72.9 Å². The Morgan fingerprint density at radius 2 is 2.00 bits per heavy atom. The van der Waals surface area contributed by atoms with Crippen molar-refractivity contribution in [2.75, 3.05) is 5.32 Å². The van der Waals surface area contributed by atoms with E-state index in [1.165, 1.54) is 5.56 Å². The van der Waals surface area contributed by atoms with Crippen LogP contribution in [0.5, 0.6) is 5.75 Å². The summed E-state index contributed by atoms with van der Waals surface area (Å²) in [4.78, 5) is 0.844. The summed E-state index contributed by atoms with van der Waals surface area (Å²) in [5.41, 5.74) is 4.57. The Kier molecular flexibility index (Phi) is 6.20. The van der Waals surface area contributed by atoms with Gasteiger partial charge in [-0.15, -0.1) is 0 Å². The van der Waals surface area contributed by atoms with Crippen LogP contribution in [0, 0.1) is 17.4 Å². The Bertz CT molecular complexity index is 685. The van der Waals surface area contributed by atoms with Crippen LogP contribution in [0.15, 0.2) is 36.4 Å². The van der Waals surface area contributed by atoms with E-state index in [-0.39, 0.29) is 0 Å². The second kappa shape index (κ2) is 7.92. The van der Waals surface area contributed by atoms with E-state index in [0.29, 0.717) is 6.61 Å². The topological polar surface area (TPSA) is 21.3 Å². The number of nitrogens with one attached hydrogen (secondary N) is 1. The standard InChI is InChI=1S/C18H20INOS/c1-4-17(22)20-18-14(6-5-7-15(18)19)11-21-16-9-8-12(2)10-13(16)3/h5-10H,4,11H2,1-3H3,(H,20,22). The number of anilines is 1. The van der Waals surface area contributed by atoms with Crippen molar-refractivity contribution in [3.63, 3.8) is 0 Å². The fourth-order valence-corrected chi connectivity index (χ4v) is 2.96. The maximum Gasteiger partial charge on any atom is 0.122 e. The van der Waals surface area contributed by atoms with E-state index >= 15 is 0 Å². The number of aryl methyl sites for hydroxylation is 2. The van der Waals surface area contributed by atoms with Gasteiger partial charge in [0.25, 0.3) is 0 Å². The van der Waals surface area contributed by atoms with E-state index in [4.69, 9.17) is 17.0 Å². The third-order valence-corrected chi connectivity index (χ3v) is 4.69. The monoisotopic (exact) mass is 425 g/mol. The summed E-state index contributed by atoms with van der Waals surface area (Å²) >= 11 is 7.64. The molecule has 2 aromatic rings. The lowest BCUT2D eigenvalue weighted by molar-refractivity contribution is 0.304. The molecule has 2 rings (SSSR count). The highest BCUT2D eigenvalue weighted by Crippen LogP contribution is 2.26. The predicted molar refractivity (Wildman–Crippen MR) is 106 cm³/mol. The van der Waals surface area contributed by atoms with Gasteiger partial charge in [0.15, 0.2) is 0 Å². The van der Waals surface area contributed by atoms with E-state index in [9.17, 15) is 0 Å². The molecule has 0 bridgehead atoms. The lowest BCUT2D eigenvalue weighted by atomic mass is 10.1. The first kappa shape index (κ1) is 17.2. The summed E-state index contributed by atoms with van der Waals surface area (Å²) in [6.45, 7) is 6.74. The van der Waals surface area contributed by atoms with Gasteiger partial charge in [0.1, 0.15) is 12.4 Å². The summed E-state index contributed by atoms with van der Waals surface area (Å²) in [5, 5.41) is 3.33. The first-order valence-electron chi connectivity index (χ1n) is 7.28. The molecule has 0 heterocycles. The number of para-hydroxylation sites is 1. The molecule has 0 aliphatic rings. The first-order valence-corrected chi connectivity index (χ1v) is 8.77. The van der Waals surface area contributed by atoms with E-state index in [1.807, 2.05) is 12.1 Å². The van der Waals surface area contributed by atoms with Crippen molar-refractivity contribution in [3.05, 3.63) is 56.7 Å². The molecule has 0 aliphatic heterocycles. The average molecular weight is 425 g/mol. The van der Waals surface area contributed by atoms with Crippen molar-refractivity contribution in [1.82, 2.24) is 0 Å².